The van der Waals surface area contributed by atoms with Crippen molar-refractivity contribution in [1.82, 2.24) is 4.57 Å². The van der Waals surface area contributed by atoms with Crippen molar-refractivity contribution in [1.29, 1.82) is 0 Å². The lowest BCUT2D eigenvalue weighted by molar-refractivity contribution is 0.141. The van der Waals surface area contributed by atoms with E-state index in [-0.39, 0.29) is 11.6 Å². The first-order valence-electron chi connectivity index (χ1n) is 4.28. The summed E-state index contributed by atoms with van der Waals surface area (Å²) >= 11 is 0. The third kappa shape index (κ3) is 1.48. The highest BCUT2D eigenvalue weighted by Gasteiger charge is 2.12. The summed E-state index contributed by atoms with van der Waals surface area (Å²) in [5.41, 5.74) is 0.550. The van der Waals surface area contributed by atoms with E-state index in [1.54, 1.807) is 25.2 Å². The van der Waals surface area contributed by atoms with E-state index in [9.17, 15) is 9.90 Å². The second-order valence-corrected chi connectivity index (χ2v) is 3.12. The van der Waals surface area contributed by atoms with Crippen molar-refractivity contribution < 1.29 is 19.7 Å². The van der Waals surface area contributed by atoms with Crippen molar-refractivity contribution in [3.63, 3.8) is 0 Å². The van der Waals surface area contributed by atoms with Crippen LogP contribution < -0.4 is 4.74 Å². The van der Waals surface area contributed by atoms with E-state index in [2.05, 4.69) is 4.74 Å². The average molecular weight is 207 g/mol. The number of para-hydroxylation sites is 1. The number of phenols is 1. The molecule has 0 atom stereocenters. The van der Waals surface area contributed by atoms with Crippen LogP contribution in [-0.4, -0.2) is 20.9 Å². The van der Waals surface area contributed by atoms with Crippen molar-refractivity contribution in [2.45, 2.75) is 0 Å². The molecular formula is C10H9NO4. The quantitative estimate of drug-likeness (QED) is 0.701. The van der Waals surface area contributed by atoms with Crippen LogP contribution in [0.3, 0.4) is 0 Å². The Morgan fingerprint density at radius 1 is 1.47 bits per heavy atom. The van der Waals surface area contributed by atoms with Crippen LogP contribution in [0.4, 0.5) is 4.79 Å². The van der Waals surface area contributed by atoms with Crippen LogP contribution in [0.5, 0.6) is 11.6 Å². The van der Waals surface area contributed by atoms with Gasteiger partial charge in [0.25, 0.3) is 0 Å². The summed E-state index contributed by atoms with van der Waals surface area (Å²) in [5, 5.41) is 18.8. The summed E-state index contributed by atoms with van der Waals surface area (Å²) in [4.78, 5) is 10.4. The summed E-state index contributed by atoms with van der Waals surface area (Å²) in [7, 11) is 1.63. The van der Waals surface area contributed by atoms with Gasteiger partial charge in [0.15, 0.2) is 0 Å². The van der Waals surface area contributed by atoms with E-state index in [0.29, 0.717) is 5.52 Å². The molecule has 0 saturated carbocycles. The second-order valence-electron chi connectivity index (χ2n) is 3.12. The minimum absolute atomic E-state index is 0.0928. The van der Waals surface area contributed by atoms with Gasteiger partial charge in [0.2, 0.25) is 5.88 Å². The van der Waals surface area contributed by atoms with Crippen LogP contribution in [0.2, 0.25) is 0 Å². The molecule has 5 heteroatoms. The maximum Gasteiger partial charge on any atom is 0.512 e. The van der Waals surface area contributed by atoms with Crippen LogP contribution in [-0.2, 0) is 7.05 Å². The predicted octanol–water partition coefficient (Wildman–Crippen LogP) is 1.94. The first kappa shape index (κ1) is 9.39. The Labute approximate surface area is 85.1 Å². The molecule has 0 fully saturated rings. The molecule has 0 aliphatic rings. The Kier molecular flexibility index (Phi) is 2.00. The lowest BCUT2D eigenvalue weighted by atomic mass is 10.2. The zero-order chi connectivity index (χ0) is 11.0. The minimum Gasteiger partial charge on any atom is -0.506 e. The highest BCUT2D eigenvalue weighted by Crippen LogP contribution is 2.30. The van der Waals surface area contributed by atoms with Gasteiger partial charge >= 0.3 is 6.16 Å². The molecule has 0 aliphatic heterocycles. The van der Waals surface area contributed by atoms with Crippen LogP contribution in [0, 0.1) is 0 Å². The lowest BCUT2D eigenvalue weighted by Crippen LogP contribution is -2.06. The normalized spacial score (nSPS) is 10.5. The fraction of sp³-hybridized carbons (Fsp3) is 0.100. The third-order valence-electron chi connectivity index (χ3n) is 2.18. The summed E-state index contributed by atoms with van der Waals surface area (Å²) < 4.78 is 6.04. The van der Waals surface area contributed by atoms with Crippen molar-refractivity contribution in [2.75, 3.05) is 0 Å². The molecule has 0 saturated heterocycles. The Morgan fingerprint density at radius 2 is 2.20 bits per heavy atom. The molecule has 1 aromatic carbocycles. The van der Waals surface area contributed by atoms with Gasteiger partial charge in [0.05, 0.1) is 5.52 Å². The fourth-order valence-electron chi connectivity index (χ4n) is 1.56. The number of fused-ring (bicyclic) bond motifs is 1. The molecule has 0 spiro atoms. The molecule has 78 valence electrons. The second kappa shape index (κ2) is 3.20. The highest BCUT2D eigenvalue weighted by atomic mass is 16.7. The molecule has 2 N–H and O–H groups in total. The van der Waals surface area contributed by atoms with Crippen molar-refractivity contribution in [2.24, 2.45) is 7.05 Å². The Morgan fingerprint density at radius 3 is 2.80 bits per heavy atom. The van der Waals surface area contributed by atoms with Gasteiger partial charge in [0.1, 0.15) is 5.75 Å². The summed E-state index contributed by atoms with van der Waals surface area (Å²) in [6, 6.07) is 6.54. The van der Waals surface area contributed by atoms with Gasteiger partial charge in [-0.1, -0.05) is 12.1 Å². The van der Waals surface area contributed by atoms with Crippen molar-refractivity contribution >= 4 is 17.1 Å². The predicted molar refractivity (Wildman–Crippen MR) is 53.2 cm³/mol. The SMILES string of the molecule is Cn1c(OC(=O)O)cc2cccc(O)c21. The molecule has 1 heterocycles. The number of rotatable bonds is 1. The number of aromatic nitrogens is 1. The minimum atomic E-state index is -1.37. The van der Waals surface area contributed by atoms with Crippen molar-refractivity contribution in [3.05, 3.63) is 24.3 Å². The van der Waals surface area contributed by atoms with Gasteiger partial charge in [0, 0.05) is 18.5 Å². The number of hydrogen-bond donors (Lipinski definition) is 2. The van der Waals surface area contributed by atoms with E-state index < -0.39 is 6.16 Å². The van der Waals surface area contributed by atoms with E-state index in [1.807, 2.05) is 0 Å². The zero-order valence-electron chi connectivity index (χ0n) is 7.97. The van der Waals surface area contributed by atoms with E-state index in [0.717, 1.165) is 5.39 Å². The number of aryl methyl sites for hydroxylation is 1. The topological polar surface area (TPSA) is 71.7 Å². The molecule has 5 nitrogen and oxygen atoms in total. The first-order chi connectivity index (χ1) is 7.09. The van der Waals surface area contributed by atoms with Gasteiger partial charge < -0.3 is 19.5 Å². The number of benzene rings is 1. The molecule has 0 aliphatic carbocycles. The van der Waals surface area contributed by atoms with Gasteiger partial charge in [-0.2, -0.15) is 0 Å². The largest absolute Gasteiger partial charge is 0.512 e. The Hall–Kier alpha value is -2.17. The molecule has 0 bridgehead atoms. The first-order valence-corrected chi connectivity index (χ1v) is 4.28. The third-order valence-corrected chi connectivity index (χ3v) is 2.18. The number of carboxylic acid groups (broad SMARTS) is 1. The van der Waals surface area contributed by atoms with Gasteiger partial charge in [-0.3, -0.25) is 0 Å². The average Bonchev–Trinajstić information content (AvgIpc) is 2.44. The fourth-order valence-corrected chi connectivity index (χ4v) is 1.56. The van der Waals surface area contributed by atoms with E-state index in [1.165, 1.54) is 10.6 Å². The van der Waals surface area contributed by atoms with Crippen LogP contribution in [0.15, 0.2) is 24.3 Å². The van der Waals surface area contributed by atoms with Gasteiger partial charge in [-0.15, -0.1) is 0 Å². The molecule has 2 aromatic rings. The molecule has 0 unspecified atom stereocenters. The molecule has 0 amide bonds. The number of phenolic OH excluding ortho intramolecular Hbond substituents is 1. The Bertz CT molecular complexity index is 529. The van der Waals surface area contributed by atoms with Crippen LogP contribution in [0.25, 0.3) is 10.9 Å². The smallest absolute Gasteiger partial charge is 0.506 e. The number of ether oxygens (including phenoxy) is 1. The van der Waals surface area contributed by atoms with Crippen LogP contribution >= 0.6 is 0 Å². The zero-order valence-corrected chi connectivity index (χ0v) is 7.97. The number of hydrogen-bond acceptors (Lipinski definition) is 3. The highest BCUT2D eigenvalue weighted by molar-refractivity contribution is 5.88. The summed E-state index contributed by atoms with van der Waals surface area (Å²) in [6.07, 6.45) is -1.37. The molecule has 0 radical (unpaired) electrons. The van der Waals surface area contributed by atoms with E-state index in [4.69, 9.17) is 5.11 Å². The maximum atomic E-state index is 10.4. The van der Waals surface area contributed by atoms with Gasteiger partial charge in [-0.25, -0.2) is 4.79 Å². The molecular weight excluding hydrogens is 198 g/mol. The monoisotopic (exact) mass is 207 g/mol. The molecule has 1 aromatic heterocycles. The standard InChI is InChI=1S/C10H9NO4/c1-11-8(15-10(13)14)5-6-3-2-4-7(12)9(6)11/h2-5,12H,1H3,(H,13,14). The van der Waals surface area contributed by atoms with E-state index >= 15 is 0 Å². The molecule has 2 rings (SSSR count). The summed E-state index contributed by atoms with van der Waals surface area (Å²) in [6.45, 7) is 0. The number of carbonyl (C=O) groups is 1. The number of nitrogens with zero attached hydrogens (tertiary/aromatic N) is 1. The Balaban J connectivity index is 2.64. The number of aromatic hydroxyl groups is 1. The summed E-state index contributed by atoms with van der Waals surface area (Å²) in [5.74, 6) is 0.272. The maximum absolute atomic E-state index is 10.4. The molecule has 15 heavy (non-hydrogen) atoms. The van der Waals surface area contributed by atoms with Crippen LogP contribution in [0.1, 0.15) is 0 Å². The van der Waals surface area contributed by atoms with Crippen molar-refractivity contribution in [3.8, 4) is 11.6 Å². The lowest BCUT2D eigenvalue weighted by Gasteiger charge is -2.02. The van der Waals surface area contributed by atoms with Gasteiger partial charge in [-0.05, 0) is 6.07 Å².